The molecule has 1 atom stereocenters. The van der Waals surface area contributed by atoms with Gasteiger partial charge < -0.3 is 14.8 Å². The summed E-state index contributed by atoms with van der Waals surface area (Å²) < 4.78 is 10.7. The van der Waals surface area contributed by atoms with E-state index in [2.05, 4.69) is 36.5 Å². The van der Waals surface area contributed by atoms with Gasteiger partial charge in [-0.05, 0) is 31.2 Å². The second-order valence-electron chi connectivity index (χ2n) is 4.61. The molecule has 1 aromatic carbocycles. The van der Waals surface area contributed by atoms with Gasteiger partial charge in [0, 0.05) is 11.8 Å². The van der Waals surface area contributed by atoms with Crippen molar-refractivity contribution in [2.45, 2.75) is 25.1 Å². The van der Waals surface area contributed by atoms with Crippen molar-refractivity contribution in [3.8, 4) is 5.75 Å². The fourth-order valence-electron chi connectivity index (χ4n) is 2.03. The Morgan fingerprint density at radius 3 is 2.58 bits per heavy atom. The van der Waals surface area contributed by atoms with E-state index in [0.717, 1.165) is 31.3 Å². The number of thioether (sulfide) groups is 1. The molecule has 1 heterocycles. The van der Waals surface area contributed by atoms with Crippen molar-refractivity contribution in [2.24, 2.45) is 0 Å². The third-order valence-electron chi connectivity index (χ3n) is 3.15. The Morgan fingerprint density at radius 1 is 1.32 bits per heavy atom. The number of benzene rings is 1. The number of nitrogens with one attached hydrogen (secondary N) is 1. The van der Waals surface area contributed by atoms with Gasteiger partial charge in [0.15, 0.2) is 0 Å². The highest BCUT2D eigenvalue weighted by molar-refractivity contribution is 8.00. The summed E-state index contributed by atoms with van der Waals surface area (Å²) in [5.74, 6) is 2.04. The van der Waals surface area contributed by atoms with Crippen LogP contribution in [0.2, 0.25) is 0 Å². The zero-order valence-electron chi connectivity index (χ0n) is 11.7. The maximum absolute atomic E-state index is 5.48. The first-order valence-electron chi connectivity index (χ1n) is 6.99. The molecule has 0 aromatic heterocycles. The van der Waals surface area contributed by atoms with Gasteiger partial charge >= 0.3 is 0 Å². The summed E-state index contributed by atoms with van der Waals surface area (Å²) in [5.41, 5.74) is 1.33. The van der Waals surface area contributed by atoms with Crippen molar-refractivity contribution in [1.82, 2.24) is 5.32 Å². The molecule has 1 fully saturated rings. The Bertz CT molecular complexity index is 365. The molecule has 0 spiro atoms. The molecule has 0 radical (unpaired) electrons. The highest BCUT2D eigenvalue weighted by atomic mass is 32.2. The average molecular weight is 281 g/mol. The summed E-state index contributed by atoms with van der Waals surface area (Å²) in [6.07, 6.45) is 0. The molecule has 1 unspecified atom stereocenters. The third kappa shape index (κ3) is 4.41. The fourth-order valence-corrected chi connectivity index (χ4v) is 3.18. The Labute approximate surface area is 120 Å². The average Bonchev–Trinajstić information content (AvgIpc) is 2.37. The molecule has 19 heavy (non-hydrogen) atoms. The molecular weight excluding hydrogens is 258 g/mol. The number of hydrogen-bond donors (Lipinski definition) is 1. The first kappa shape index (κ1) is 14.7. The lowest BCUT2D eigenvalue weighted by molar-refractivity contribution is 0.0455. The van der Waals surface area contributed by atoms with Crippen molar-refractivity contribution in [1.29, 1.82) is 0 Å². The molecule has 3 nitrogen and oxygen atoms in total. The topological polar surface area (TPSA) is 30.5 Å². The minimum Gasteiger partial charge on any atom is -0.494 e. The van der Waals surface area contributed by atoms with E-state index in [4.69, 9.17) is 9.47 Å². The minimum absolute atomic E-state index is 0.409. The van der Waals surface area contributed by atoms with Crippen molar-refractivity contribution < 1.29 is 9.47 Å². The standard InChI is InChI=1S/C15H23NO2S/c1-3-16-15(11-19-14-9-17-10-14)12-5-7-13(8-6-12)18-4-2/h5-8,14-16H,3-4,9-11H2,1-2H3. The lowest BCUT2D eigenvalue weighted by atomic mass is 10.1. The normalized spacial score (nSPS) is 16.9. The summed E-state index contributed by atoms with van der Waals surface area (Å²) in [5, 5.41) is 4.24. The van der Waals surface area contributed by atoms with Crippen molar-refractivity contribution in [3.63, 3.8) is 0 Å². The molecule has 1 aromatic rings. The monoisotopic (exact) mass is 281 g/mol. The molecule has 1 aliphatic rings. The third-order valence-corrected chi connectivity index (χ3v) is 4.42. The van der Waals surface area contributed by atoms with E-state index < -0.39 is 0 Å². The van der Waals surface area contributed by atoms with Crippen LogP contribution in [-0.2, 0) is 4.74 Å². The molecule has 2 rings (SSSR count). The van der Waals surface area contributed by atoms with E-state index in [9.17, 15) is 0 Å². The van der Waals surface area contributed by atoms with Crippen molar-refractivity contribution in [3.05, 3.63) is 29.8 Å². The van der Waals surface area contributed by atoms with Crippen molar-refractivity contribution >= 4 is 11.8 Å². The number of ether oxygens (including phenoxy) is 2. The van der Waals surface area contributed by atoms with Crippen LogP contribution in [0.15, 0.2) is 24.3 Å². The van der Waals surface area contributed by atoms with Gasteiger partial charge in [-0.25, -0.2) is 0 Å². The summed E-state index contributed by atoms with van der Waals surface area (Å²) >= 11 is 2.00. The molecule has 1 aliphatic heterocycles. The molecule has 106 valence electrons. The summed E-state index contributed by atoms with van der Waals surface area (Å²) in [4.78, 5) is 0. The summed E-state index contributed by atoms with van der Waals surface area (Å²) in [6.45, 7) is 7.68. The van der Waals surface area contributed by atoms with E-state index in [-0.39, 0.29) is 0 Å². The first-order chi connectivity index (χ1) is 9.33. The van der Waals surface area contributed by atoms with Gasteiger partial charge in [0.25, 0.3) is 0 Å². The Hall–Kier alpha value is -0.710. The van der Waals surface area contributed by atoms with E-state index in [1.54, 1.807) is 0 Å². The van der Waals surface area contributed by atoms with E-state index >= 15 is 0 Å². The van der Waals surface area contributed by atoms with Crippen LogP contribution in [-0.4, -0.2) is 37.4 Å². The highest BCUT2D eigenvalue weighted by Crippen LogP contribution is 2.26. The SMILES string of the molecule is CCNC(CSC1COC1)c1ccc(OCC)cc1. The fraction of sp³-hybridized carbons (Fsp3) is 0.600. The van der Waals surface area contributed by atoms with Crippen LogP contribution in [0.5, 0.6) is 5.75 Å². The van der Waals surface area contributed by atoms with Crippen LogP contribution in [0.25, 0.3) is 0 Å². The Balaban J connectivity index is 1.91. The molecule has 1 saturated heterocycles. The summed E-state index contributed by atoms with van der Waals surface area (Å²) in [7, 11) is 0. The second kappa shape index (κ2) is 7.78. The van der Waals surface area contributed by atoms with Crippen LogP contribution in [0.1, 0.15) is 25.5 Å². The van der Waals surface area contributed by atoms with Gasteiger partial charge in [0.1, 0.15) is 5.75 Å². The van der Waals surface area contributed by atoms with Gasteiger partial charge in [0.05, 0.1) is 25.1 Å². The zero-order valence-corrected chi connectivity index (χ0v) is 12.5. The minimum atomic E-state index is 0.409. The molecule has 0 bridgehead atoms. The van der Waals surface area contributed by atoms with Crippen LogP contribution < -0.4 is 10.1 Å². The molecule has 4 heteroatoms. The Morgan fingerprint density at radius 2 is 2.05 bits per heavy atom. The van der Waals surface area contributed by atoms with Crippen LogP contribution in [0.3, 0.4) is 0 Å². The second-order valence-corrected chi connectivity index (χ2v) is 5.94. The first-order valence-corrected chi connectivity index (χ1v) is 8.03. The van der Waals surface area contributed by atoms with E-state index in [1.165, 1.54) is 5.56 Å². The molecular formula is C15H23NO2S. The maximum atomic E-state index is 5.48. The van der Waals surface area contributed by atoms with Gasteiger partial charge in [-0.1, -0.05) is 19.1 Å². The molecule has 0 saturated carbocycles. The van der Waals surface area contributed by atoms with Crippen LogP contribution in [0.4, 0.5) is 0 Å². The molecule has 0 amide bonds. The zero-order chi connectivity index (χ0) is 13.5. The predicted molar refractivity (Wildman–Crippen MR) is 81.1 cm³/mol. The number of rotatable bonds is 8. The Kier molecular flexibility index (Phi) is 6.01. The lowest BCUT2D eigenvalue weighted by Crippen LogP contribution is -2.32. The number of hydrogen-bond acceptors (Lipinski definition) is 4. The molecule has 0 aliphatic carbocycles. The van der Waals surface area contributed by atoms with E-state index in [1.807, 2.05) is 18.7 Å². The van der Waals surface area contributed by atoms with E-state index in [0.29, 0.717) is 17.9 Å². The van der Waals surface area contributed by atoms with Gasteiger partial charge in [-0.15, -0.1) is 0 Å². The summed E-state index contributed by atoms with van der Waals surface area (Å²) in [6, 6.07) is 8.85. The highest BCUT2D eigenvalue weighted by Gasteiger charge is 2.21. The lowest BCUT2D eigenvalue weighted by Gasteiger charge is -2.27. The van der Waals surface area contributed by atoms with Crippen LogP contribution in [0, 0.1) is 0 Å². The largest absolute Gasteiger partial charge is 0.494 e. The molecule has 1 N–H and O–H groups in total. The van der Waals surface area contributed by atoms with Gasteiger partial charge in [-0.2, -0.15) is 11.8 Å². The predicted octanol–water partition coefficient (Wildman–Crippen LogP) is 2.87. The quantitative estimate of drug-likeness (QED) is 0.794. The maximum Gasteiger partial charge on any atom is 0.119 e. The smallest absolute Gasteiger partial charge is 0.119 e. The van der Waals surface area contributed by atoms with Gasteiger partial charge in [-0.3, -0.25) is 0 Å². The van der Waals surface area contributed by atoms with Gasteiger partial charge in [0.2, 0.25) is 0 Å². The van der Waals surface area contributed by atoms with Crippen molar-refractivity contribution in [2.75, 3.05) is 32.1 Å². The van der Waals surface area contributed by atoms with Crippen LogP contribution >= 0.6 is 11.8 Å².